The van der Waals surface area contributed by atoms with Gasteiger partial charge in [0, 0.05) is 6.07 Å². The van der Waals surface area contributed by atoms with Crippen LogP contribution in [0, 0.1) is 5.41 Å². The minimum atomic E-state index is -1.08. The number of rotatable bonds is 5. The summed E-state index contributed by atoms with van der Waals surface area (Å²) in [5.41, 5.74) is -0.352. The molecule has 0 heterocycles. The smallest absolute Gasteiger partial charge is 0.326 e. The fourth-order valence-electron chi connectivity index (χ4n) is 1.84. The zero-order valence-corrected chi connectivity index (χ0v) is 12.9. The van der Waals surface area contributed by atoms with E-state index in [1.165, 1.54) is 20.3 Å². The lowest BCUT2D eigenvalue weighted by Gasteiger charge is -2.28. The molecule has 1 atom stereocenters. The molecule has 2 N–H and O–H groups in total. The molecule has 0 saturated heterocycles. The van der Waals surface area contributed by atoms with Gasteiger partial charge in [-0.15, -0.1) is 0 Å². The minimum absolute atomic E-state index is 0.258. The fraction of sp³-hybridized carbons (Fsp3) is 0.467. The van der Waals surface area contributed by atoms with Gasteiger partial charge in [0.15, 0.2) is 0 Å². The summed E-state index contributed by atoms with van der Waals surface area (Å²) < 4.78 is 10.2. The van der Waals surface area contributed by atoms with Crippen LogP contribution in [0.4, 0.5) is 0 Å². The standard InChI is InChI=1S/C15H21NO5/c1-15(2,3)12(14(18)19)16-13(17)10-7-6-9(20-4)8-11(10)21-5/h6-8,12H,1-5H3,(H,16,17)(H,18,19). The van der Waals surface area contributed by atoms with E-state index >= 15 is 0 Å². The maximum Gasteiger partial charge on any atom is 0.326 e. The van der Waals surface area contributed by atoms with Gasteiger partial charge in [0.05, 0.1) is 19.8 Å². The molecule has 0 spiro atoms. The quantitative estimate of drug-likeness (QED) is 0.867. The summed E-state index contributed by atoms with van der Waals surface area (Å²) in [6.07, 6.45) is 0. The molecular weight excluding hydrogens is 274 g/mol. The number of carboxylic acids is 1. The molecular formula is C15H21NO5. The van der Waals surface area contributed by atoms with Gasteiger partial charge in [-0.2, -0.15) is 0 Å². The van der Waals surface area contributed by atoms with Crippen molar-refractivity contribution in [2.75, 3.05) is 14.2 Å². The van der Waals surface area contributed by atoms with Gasteiger partial charge in [-0.05, 0) is 17.5 Å². The normalized spacial score (nSPS) is 12.4. The van der Waals surface area contributed by atoms with E-state index in [1.54, 1.807) is 32.9 Å². The lowest BCUT2D eigenvalue weighted by Crippen LogP contribution is -2.49. The molecule has 0 aliphatic rings. The lowest BCUT2D eigenvalue weighted by molar-refractivity contribution is -0.142. The molecule has 1 rings (SSSR count). The molecule has 1 aromatic rings. The van der Waals surface area contributed by atoms with Crippen molar-refractivity contribution in [3.05, 3.63) is 23.8 Å². The molecule has 0 aromatic heterocycles. The molecule has 1 aromatic carbocycles. The first-order chi connectivity index (χ1) is 9.70. The summed E-state index contributed by atoms with van der Waals surface area (Å²) in [5, 5.41) is 11.8. The molecule has 0 bridgehead atoms. The molecule has 0 fully saturated rings. The van der Waals surface area contributed by atoms with Crippen LogP contribution >= 0.6 is 0 Å². The second-order valence-electron chi connectivity index (χ2n) is 5.68. The highest BCUT2D eigenvalue weighted by atomic mass is 16.5. The molecule has 0 saturated carbocycles. The van der Waals surface area contributed by atoms with Crippen LogP contribution in [0.5, 0.6) is 11.5 Å². The van der Waals surface area contributed by atoms with E-state index in [0.717, 1.165) is 0 Å². The Kier molecular flexibility index (Phi) is 5.18. The minimum Gasteiger partial charge on any atom is -0.497 e. The zero-order chi connectivity index (χ0) is 16.2. The van der Waals surface area contributed by atoms with Crippen molar-refractivity contribution in [2.45, 2.75) is 26.8 Å². The van der Waals surface area contributed by atoms with Gasteiger partial charge in [-0.1, -0.05) is 20.8 Å². The summed E-state index contributed by atoms with van der Waals surface area (Å²) in [6.45, 7) is 5.24. The first-order valence-electron chi connectivity index (χ1n) is 6.46. The third-order valence-corrected chi connectivity index (χ3v) is 3.04. The third kappa shape index (κ3) is 4.11. The SMILES string of the molecule is COc1ccc(C(=O)NC(C(=O)O)C(C)(C)C)c(OC)c1. The number of benzene rings is 1. The van der Waals surface area contributed by atoms with Crippen molar-refractivity contribution in [3.8, 4) is 11.5 Å². The molecule has 1 unspecified atom stereocenters. The Balaban J connectivity index is 3.06. The van der Waals surface area contributed by atoms with Gasteiger partial charge in [0.1, 0.15) is 17.5 Å². The first kappa shape index (κ1) is 16.8. The Morgan fingerprint density at radius 3 is 2.24 bits per heavy atom. The second-order valence-corrected chi connectivity index (χ2v) is 5.68. The predicted molar refractivity (Wildman–Crippen MR) is 77.9 cm³/mol. The van der Waals surface area contributed by atoms with Crippen molar-refractivity contribution >= 4 is 11.9 Å². The number of carboxylic acid groups (broad SMARTS) is 1. The van der Waals surface area contributed by atoms with E-state index in [1.807, 2.05) is 0 Å². The van der Waals surface area contributed by atoms with E-state index in [4.69, 9.17) is 9.47 Å². The van der Waals surface area contributed by atoms with Crippen LogP contribution in [-0.2, 0) is 4.79 Å². The highest BCUT2D eigenvalue weighted by Gasteiger charge is 2.33. The maximum absolute atomic E-state index is 12.3. The topological polar surface area (TPSA) is 84.9 Å². The van der Waals surface area contributed by atoms with Crippen molar-refractivity contribution in [1.29, 1.82) is 0 Å². The van der Waals surface area contributed by atoms with Crippen molar-refractivity contribution in [3.63, 3.8) is 0 Å². The molecule has 0 aliphatic carbocycles. The van der Waals surface area contributed by atoms with E-state index in [9.17, 15) is 14.7 Å². The Morgan fingerprint density at radius 1 is 1.19 bits per heavy atom. The Hall–Kier alpha value is -2.24. The molecule has 21 heavy (non-hydrogen) atoms. The van der Waals surface area contributed by atoms with Crippen LogP contribution in [-0.4, -0.2) is 37.2 Å². The fourth-order valence-corrected chi connectivity index (χ4v) is 1.84. The molecule has 6 heteroatoms. The molecule has 116 valence electrons. The number of hydrogen-bond acceptors (Lipinski definition) is 4. The molecule has 0 aliphatic heterocycles. The number of carbonyl (C=O) groups is 2. The number of methoxy groups -OCH3 is 2. The number of hydrogen-bond donors (Lipinski definition) is 2. The third-order valence-electron chi connectivity index (χ3n) is 3.04. The van der Waals surface area contributed by atoms with E-state index < -0.39 is 23.3 Å². The van der Waals surface area contributed by atoms with Gasteiger partial charge in [0.25, 0.3) is 5.91 Å². The van der Waals surface area contributed by atoms with Gasteiger partial charge < -0.3 is 19.9 Å². The predicted octanol–water partition coefficient (Wildman–Crippen LogP) is 1.93. The molecule has 1 amide bonds. The van der Waals surface area contributed by atoms with Crippen LogP contribution in [0.3, 0.4) is 0 Å². The van der Waals surface area contributed by atoms with Crippen molar-refractivity contribution in [1.82, 2.24) is 5.32 Å². The number of nitrogens with one attached hydrogen (secondary N) is 1. The zero-order valence-electron chi connectivity index (χ0n) is 12.9. The van der Waals surface area contributed by atoms with Crippen molar-refractivity contribution < 1.29 is 24.2 Å². The van der Waals surface area contributed by atoms with E-state index in [0.29, 0.717) is 11.5 Å². The number of ether oxygens (including phenoxy) is 2. The van der Waals surface area contributed by atoms with E-state index in [-0.39, 0.29) is 5.56 Å². The van der Waals surface area contributed by atoms with Gasteiger partial charge >= 0.3 is 5.97 Å². The lowest BCUT2D eigenvalue weighted by atomic mass is 9.86. The highest BCUT2D eigenvalue weighted by Crippen LogP contribution is 2.26. The molecule has 6 nitrogen and oxygen atoms in total. The van der Waals surface area contributed by atoms with Crippen LogP contribution in [0.25, 0.3) is 0 Å². The first-order valence-corrected chi connectivity index (χ1v) is 6.46. The van der Waals surface area contributed by atoms with Gasteiger partial charge in [-0.3, -0.25) is 4.79 Å². The number of carbonyl (C=O) groups excluding carboxylic acids is 1. The van der Waals surface area contributed by atoms with Gasteiger partial charge in [0.2, 0.25) is 0 Å². The van der Waals surface area contributed by atoms with Gasteiger partial charge in [-0.25, -0.2) is 4.79 Å². The number of amides is 1. The summed E-state index contributed by atoms with van der Waals surface area (Å²) in [4.78, 5) is 23.6. The molecule has 0 radical (unpaired) electrons. The van der Waals surface area contributed by atoms with Crippen LogP contribution in [0.2, 0.25) is 0 Å². The second kappa shape index (κ2) is 6.47. The number of aliphatic carboxylic acids is 1. The van der Waals surface area contributed by atoms with Crippen LogP contribution in [0.15, 0.2) is 18.2 Å². The summed E-state index contributed by atoms with van der Waals surface area (Å²) in [6, 6.07) is 3.72. The highest BCUT2D eigenvalue weighted by molar-refractivity contribution is 5.99. The summed E-state index contributed by atoms with van der Waals surface area (Å²) in [5.74, 6) is -0.709. The van der Waals surface area contributed by atoms with Crippen molar-refractivity contribution in [2.24, 2.45) is 5.41 Å². The monoisotopic (exact) mass is 295 g/mol. The average molecular weight is 295 g/mol. The Morgan fingerprint density at radius 2 is 1.81 bits per heavy atom. The van der Waals surface area contributed by atoms with Crippen LogP contribution < -0.4 is 14.8 Å². The average Bonchev–Trinajstić information content (AvgIpc) is 2.41. The summed E-state index contributed by atoms with van der Waals surface area (Å²) in [7, 11) is 2.94. The largest absolute Gasteiger partial charge is 0.497 e. The van der Waals surface area contributed by atoms with E-state index in [2.05, 4.69) is 5.32 Å². The summed E-state index contributed by atoms with van der Waals surface area (Å²) >= 11 is 0. The Bertz CT molecular complexity index is 533. The Labute approximate surface area is 124 Å². The maximum atomic E-state index is 12.3. The van der Waals surface area contributed by atoms with Crippen LogP contribution in [0.1, 0.15) is 31.1 Å².